The van der Waals surface area contributed by atoms with Crippen LogP contribution in [0.25, 0.3) is 44.1 Å². The van der Waals surface area contributed by atoms with Crippen molar-refractivity contribution in [2.24, 2.45) is 7.05 Å². The molecule has 0 fully saturated rings. The molecule has 1 aliphatic rings. The van der Waals surface area contributed by atoms with Crippen molar-refractivity contribution in [3.63, 3.8) is 0 Å². The molecule has 2 nitrogen and oxygen atoms in total. The molecule has 0 radical (unpaired) electrons. The standard InChI is InChI=1S/C38H28N2/c1-39-37-20-18-27(26-16-17-29-22-28-10-8-9-15-33(28)34(29)23-26)24-35(37)36-25-32(19-21-38(36)39)40(30-11-4-2-5-12-30)31-13-6-3-7-14-31/h2-21,23-25H,22H2,1H3. The van der Waals surface area contributed by atoms with E-state index in [4.69, 9.17) is 0 Å². The summed E-state index contributed by atoms with van der Waals surface area (Å²) in [5.74, 6) is 0. The molecule has 40 heavy (non-hydrogen) atoms. The molecule has 6 aromatic carbocycles. The molecular formula is C38H28N2. The Morgan fingerprint density at radius 2 is 1.05 bits per heavy atom. The summed E-state index contributed by atoms with van der Waals surface area (Å²) in [7, 11) is 2.17. The molecule has 1 aliphatic carbocycles. The van der Waals surface area contributed by atoms with Crippen LogP contribution in [0, 0.1) is 0 Å². The van der Waals surface area contributed by atoms with Crippen molar-refractivity contribution in [3.8, 4) is 22.3 Å². The van der Waals surface area contributed by atoms with Crippen molar-refractivity contribution in [3.05, 3.63) is 151 Å². The van der Waals surface area contributed by atoms with Crippen LogP contribution in [0.2, 0.25) is 0 Å². The molecule has 0 atom stereocenters. The molecule has 0 spiro atoms. The van der Waals surface area contributed by atoms with Gasteiger partial charge in [-0.15, -0.1) is 0 Å². The third kappa shape index (κ3) is 3.57. The van der Waals surface area contributed by atoms with Gasteiger partial charge < -0.3 is 9.47 Å². The topological polar surface area (TPSA) is 8.17 Å². The van der Waals surface area contributed by atoms with Gasteiger partial charge in [-0.05, 0) is 100 Å². The van der Waals surface area contributed by atoms with Crippen LogP contribution < -0.4 is 4.90 Å². The summed E-state index contributed by atoms with van der Waals surface area (Å²) in [5.41, 5.74) is 14.0. The average molecular weight is 513 g/mol. The highest BCUT2D eigenvalue weighted by atomic mass is 15.1. The van der Waals surface area contributed by atoms with Crippen molar-refractivity contribution >= 4 is 38.9 Å². The molecule has 2 heteroatoms. The van der Waals surface area contributed by atoms with E-state index in [0.717, 1.165) is 23.5 Å². The summed E-state index contributed by atoms with van der Waals surface area (Å²) in [4.78, 5) is 2.33. The van der Waals surface area contributed by atoms with Crippen LogP contribution in [-0.4, -0.2) is 4.57 Å². The SMILES string of the molecule is Cn1c2ccc(-c3ccc4c(c3)-c3ccccc3C4)cc2c2cc(N(c3ccccc3)c3ccccc3)ccc21. The average Bonchev–Trinajstić information content (AvgIpc) is 3.52. The van der Waals surface area contributed by atoms with E-state index in [9.17, 15) is 0 Å². The number of hydrogen-bond donors (Lipinski definition) is 0. The molecule has 0 N–H and O–H groups in total. The third-order valence-electron chi connectivity index (χ3n) is 8.41. The van der Waals surface area contributed by atoms with Gasteiger partial charge in [-0.25, -0.2) is 0 Å². The molecule has 7 aromatic rings. The summed E-state index contributed by atoms with van der Waals surface area (Å²) in [6, 6.07) is 50.8. The molecule has 190 valence electrons. The molecular weight excluding hydrogens is 484 g/mol. The predicted octanol–water partition coefficient (Wildman–Crippen LogP) is 10.0. The van der Waals surface area contributed by atoms with Crippen molar-refractivity contribution in [2.45, 2.75) is 6.42 Å². The zero-order valence-electron chi connectivity index (χ0n) is 22.4. The Morgan fingerprint density at radius 3 is 1.80 bits per heavy atom. The van der Waals surface area contributed by atoms with E-state index in [0.29, 0.717) is 0 Å². The molecule has 0 saturated carbocycles. The fourth-order valence-electron chi connectivity index (χ4n) is 6.43. The first-order valence-electron chi connectivity index (χ1n) is 13.9. The first-order valence-corrected chi connectivity index (χ1v) is 13.9. The normalized spacial score (nSPS) is 12.0. The van der Waals surface area contributed by atoms with E-state index in [2.05, 4.69) is 156 Å². The smallest absolute Gasteiger partial charge is 0.0490 e. The quantitative estimate of drug-likeness (QED) is 0.228. The number of anilines is 3. The van der Waals surface area contributed by atoms with E-state index >= 15 is 0 Å². The number of hydrogen-bond acceptors (Lipinski definition) is 1. The van der Waals surface area contributed by atoms with Gasteiger partial charge in [0.2, 0.25) is 0 Å². The first-order chi connectivity index (χ1) is 19.7. The Balaban J connectivity index is 1.29. The van der Waals surface area contributed by atoms with Crippen LogP contribution in [0.3, 0.4) is 0 Å². The second-order valence-corrected chi connectivity index (χ2v) is 10.7. The van der Waals surface area contributed by atoms with E-state index in [-0.39, 0.29) is 0 Å². The minimum Gasteiger partial charge on any atom is -0.344 e. The van der Waals surface area contributed by atoms with Crippen molar-refractivity contribution in [2.75, 3.05) is 4.90 Å². The van der Waals surface area contributed by atoms with Gasteiger partial charge in [0.25, 0.3) is 0 Å². The summed E-state index contributed by atoms with van der Waals surface area (Å²) >= 11 is 0. The van der Waals surface area contributed by atoms with Gasteiger partial charge in [-0.2, -0.15) is 0 Å². The lowest BCUT2D eigenvalue weighted by Crippen LogP contribution is -2.09. The predicted molar refractivity (Wildman–Crippen MR) is 169 cm³/mol. The van der Waals surface area contributed by atoms with Crippen molar-refractivity contribution in [1.29, 1.82) is 0 Å². The van der Waals surface area contributed by atoms with Crippen LogP contribution >= 0.6 is 0 Å². The molecule has 1 heterocycles. The molecule has 0 aliphatic heterocycles. The van der Waals surface area contributed by atoms with Gasteiger partial charge in [-0.3, -0.25) is 0 Å². The number of nitrogens with zero attached hydrogens (tertiary/aromatic N) is 2. The zero-order chi connectivity index (χ0) is 26.6. The van der Waals surface area contributed by atoms with Gasteiger partial charge in [0.15, 0.2) is 0 Å². The Kier molecular flexibility index (Phi) is 5.14. The maximum absolute atomic E-state index is 2.38. The van der Waals surface area contributed by atoms with Crippen LogP contribution in [0.15, 0.2) is 140 Å². The maximum atomic E-state index is 2.38. The van der Waals surface area contributed by atoms with Crippen LogP contribution in [0.1, 0.15) is 11.1 Å². The second kappa shape index (κ2) is 9.00. The minimum absolute atomic E-state index is 1.02. The summed E-state index contributed by atoms with van der Waals surface area (Å²) in [5, 5.41) is 2.54. The first kappa shape index (κ1) is 22.9. The highest BCUT2D eigenvalue weighted by molar-refractivity contribution is 6.10. The van der Waals surface area contributed by atoms with Crippen LogP contribution in [0.5, 0.6) is 0 Å². The molecule has 0 bridgehead atoms. The van der Waals surface area contributed by atoms with Crippen LogP contribution in [0.4, 0.5) is 17.1 Å². The minimum atomic E-state index is 1.02. The zero-order valence-corrected chi connectivity index (χ0v) is 22.4. The Bertz CT molecular complexity index is 1990. The van der Waals surface area contributed by atoms with Gasteiger partial charge >= 0.3 is 0 Å². The largest absolute Gasteiger partial charge is 0.344 e. The monoisotopic (exact) mass is 512 g/mol. The highest BCUT2D eigenvalue weighted by Crippen LogP contribution is 2.41. The number of aromatic nitrogens is 1. The Labute approximate surface area is 234 Å². The third-order valence-corrected chi connectivity index (χ3v) is 8.41. The van der Waals surface area contributed by atoms with Crippen molar-refractivity contribution < 1.29 is 0 Å². The summed E-state index contributed by atoms with van der Waals surface area (Å²) < 4.78 is 2.31. The van der Waals surface area contributed by atoms with E-state index < -0.39 is 0 Å². The fourth-order valence-corrected chi connectivity index (χ4v) is 6.43. The second-order valence-electron chi connectivity index (χ2n) is 10.7. The lowest BCUT2D eigenvalue weighted by molar-refractivity contribution is 1.01. The molecule has 1 aromatic heterocycles. The van der Waals surface area contributed by atoms with Crippen molar-refractivity contribution in [1.82, 2.24) is 4.57 Å². The number of benzene rings is 6. The lowest BCUT2D eigenvalue weighted by atomic mass is 9.97. The molecule has 8 rings (SSSR count). The Hall–Kier alpha value is -5.08. The van der Waals surface area contributed by atoms with E-state index in [1.165, 1.54) is 55.2 Å². The van der Waals surface area contributed by atoms with Gasteiger partial charge in [0.05, 0.1) is 0 Å². The lowest BCUT2D eigenvalue weighted by Gasteiger charge is -2.25. The van der Waals surface area contributed by atoms with Gasteiger partial charge in [0, 0.05) is 45.9 Å². The highest BCUT2D eigenvalue weighted by Gasteiger charge is 2.19. The van der Waals surface area contributed by atoms with E-state index in [1.54, 1.807) is 0 Å². The molecule has 0 unspecified atom stereocenters. The fraction of sp³-hybridized carbons (Fsp3) is 0.0526. The van der Waals surface area contributed by atoms with E-state index in [1.807, 2.05) is 0 Å². The summed E-state index contributed by atoms with van der Waals surface area (Å²) in [6.45, 7) is 0. The molecule has 0 saturated heterocycles. The van der Waals surface area contributed by atoms with Crippen LogP contribution in [-0.2, 0) is 13.5 Å². The number of para-hydroxylation sites is 2. The number of aryl methyl sites for hydroxylation is 1. The maximum Gasteiger partial charge on any atom is 0.0490 e. The van der Waals surface area contributed by atoms with Gasteiger partial charge in [-0.1, -0.05) is 78.9 Å². The Morgan fingerprint density at radius 1 is 0.475 bits per heavy atom. The number of fused-ring (bicyclic) bond motifs is 6. The number of rotatable bonds is 4. The summed E-state index contributed by atoms with van der Waals surface area (Å²) in [6.07, 6.45) is 1.02. The molecule has 0 amide bonds. The van der Waals surface area contributed by atoms with Gasteiger partial charge in [0.1, 0.15) is 0 Å².